The van der Waals surface area contributed by atoms with Crippen molar-refractivity contribution in [3.63, 3.8) is 0 Å². The quantitative estimate of drug-likeness (QED) is 0.427. The van der Waals surface area contributed by atoms with E-state index in [1.54, 1.807) is 4.52 Å². The molecule has 152 valence electrons. The molecule has 2 aromatic carbocycles. The molecule has 0 amide bonds. The van der Waals surface area contributed by atoms with Crippen LogP contribution in [-0.2, 0) is 0 Å². The maximum atomic E-state index is 13.0. The second-order valence-corrected chi connectivity index (χ2v) is 7.32. The number of nitrogens with zero attached hydrogens (tertiary/aromatic N) is 5. The average Bonchev–Trinajstić information content (AvgIpc) is 3.13. The zero-order valence-electron chi connectivity index (χ0n) is 16.5. The van der Waals surface area contributed by atoms with Gasteiger partial charge >= 0.3 is 0 Å². The lowest BCUT2D eigenvalue weighted by molar-refractivity contribution is 0.867. The molecule has 0 saturated heterocycles. The zero-order chi connectivity index (χ0) is 21.4. The summed E-state index contributed by atoms with van der Waals surface area (Å²) in [7, 11) is 0. The Morgan fingerprint density at radius 2 is 1.68 bits per heavy atom. The highest BCUT2D eigenvalue weighted by atomic mass is 32.1. The molecule has 0 unspecified atom stereocenters. The number of thiocarbonyl (C=S) groups is 1. The van der Waals surface area contributed by atoms with E-state index >= 15 is 0 Å². The SMILES string of the molecule is Cc1nn2c(ncc3c(=O)n(NC(=S)Nc4ccccc4)cnc32)c1-c1ccccc1. The van der Waals surface area contributed by atoms with Crippen LogP contribution >= 0.6 is 12.2 Å². The number of rotatable bonds is 3. The Morgan fingerprint density at radius 1 is 0.968 bits per heavy atom. The van der Waals surface area contributed by atoms with Gasteiger partial charge in [-0.15, -0.1) is 0 Å². The molecule has 0 aliphatic heterocycles. The largest absolute Gasteiger partial charge is 0.331 e. The third-order valence-corrected chi connectivity index (χ3v) is 5.05. The van der Waals surface area contributed by atoms with Crippen molar-refractivity contribution in [2.75, 3.05) is 10.7 Å². The fourth-order valence-corrected chi connectivity index (χ4v) is 3.68. The van der Waals surface area contributed by atoms with Gasteiger partial charge in [-0.05, 0) is 36.8 Å². The fourth-order valence-electron chi connectivity index (χ4n) is 3.46. The molecule has 0 spiro atoms. The first-order chi connectivity index (χ1) is 15.1. The third kappa shape index (κ3) is 3.40. The summed E-state index contributed by atoms with van der Waals surface area (Å²) in [5.41, 5.74) is 7.14. The van der Waals surface area contributed by atoms with Gasteiger partial charge in [0.05, 0.1) is 5.69 Å². The van der Waals surface area contributed by atoms with Crippen molar-refractivity contribution < 1.29 is 0 Å². The number of nitrogens with one attached hydrogen (secondary N) is 2. The van der Waals surface area contributed by atoms with Crippen molar-refractivity contribution in [1.82, 2.24) is 24.3 Å². The van der Waals surface area contributed by atoms with Crippen molar-refractivity contribution in [3.8, 4) is 11.1 Å². The number of aryl methyl sites for hydroxylation is 1. The van der Waals surface area contributed by atoms with Crippen molar-refractivity contribution in [1.29, 1.82) is 0 Å². The number of anilines is 1. The molecule has 0 aliphatic carbocycles. The van der Waals surface area contributed by atoms with E-state index in [1.807, 2.05) is 67.6 Å². The van der Waals surface area contributed by atoms with Crippen LogP contribution in [-0.4, -0.2) is 29.4 Å². The molecule has 0 radical (unpaired) electrons. The molecule has 9 heteroatoms. The first kappa shape index (κ1) is 18.9. The molecule has 3 heterocycles. The predicted octanol–water partition coefficient (Wildman–Crippen LogP) is 3.36. The van der Waals surface area contributed by atoms with Crippen LogP contribution in [0.25, 0.3) is 27.8 Å². The van der Waals surface area contributed by atoms with Gasteiger partial charge in [0.15, 0.2) is 16.4 Å². The van der Waals surface area contributed by atoms with Crippen LogP contribution in [0.2, 0.25) is 0 Å². The van der Waals surface area contributed by atoms with E-state index in [4.69, 9.17) is 12.2 Å². The fraction of sp³-hybridized carbons (Fsp3) is 0.0455. The Hall–Kier alpha value is -4.11. The molecule has 8 nitrogen and oxygen atoms in total. The highest BCUT2D eigenvalue weighted by molar-refractivity contribution is 7.80. The Labute approximate surface area is 182 Å². The summed E-state index contributed by atoms with van der Waals surface area (Å²) in [6, 6.07) is 19.3. The van der Waals surface area contributed by atoms with Gasteiger partial charge in [-0.2, -0.15) is 9.61 Å². The van der Waals surface area contributed by atoms with Crippen LogP contribution in [0, 0.1) is 6.92 Å². The van der Waals surface area contributed by atoms with E-state index in [2.05, 4.69) is 25.8 Å². The van der Waals surface area contributed by atoms with Gasteiger partial charge in [0, 0.05) is 17.4 Å². The van der Waals surface area contributed by atoms with Crippen LogP contribution in [0.5, 0.6) is 0 Å². The van der Waals surface area contributed by atoms with Crippen molar-refractivity contribution >= 4 is 39.7 Å². The highest BCUT2D eigenvalue weighted by Gasteiger charge is 2.17. The number of hydrogen-bond acceptors (Lipinski definition) is 5. The Balaban J connectivity index is 1.54. The Bertz CT molecular complexity index is 1480. The number of benzene rings is 2. The predicted molar refractivity (Wildman–Crippen MR) is 125 cm³/mol. The van der Waals surface area contributed by atoms with Crippen LogP contribution in [0.1, 0.15) is 5.69 Å². The van der Waals surface area contributed by atoms with Crippen LogP contribution < -0.4 is 16.3 Å². The lowest BCUT2D eigenvalue weighted by Crippen LogP contribution is -2.35. The monoisotopic (exact) mass is 427 g/mol. The van der Waals surface area contributed by atoms with E-state index in [9.17, 15) is 4.79 Å². The standard InChI is InChI=1S/C22H17N7OS/c1-14-18(15-8-4-2-5-9-15)20-23-12-17-19(29(20)26-14)24-13-28(21(17)30)27-22(31)25-16-10-6-3-7-11-16/h2-13H,1H3,(H2,25,27,31). The summed E-state index contributed by atoms with van der Waals surface area (Å²) in [6.07, 6.45) is 2.92. The van der Waals surface area contributed by atoms with Crippen molar-refractivity contribution in [2.45, 2.75) is 6.92 Å². The van der Waals surface area contributed by atoms with E-state index in [0.29, 0.717) is 16.7 Å². The molecule has 5 rings (SSSR count). The summed E-state index contributed by atoms with van der Waals surface area (Å²) in [5, 5.41) is 8.21. The maximum Gasteiger partial charge on any atom is 0.283 e. The Morgan fingerprint density at radius 3 is 2.42 bits per heavy atom. The number of fused-ring (bicyclic) bond motifs is 3. The molecule has 2 N–H and O–H groups in total. The van der Waals surface area contributed by atoms with E-state index in [-0.39, 0.29) is 10.7 Å². The summed E-state index contributed by atoms with van der Waals surface area (Å²) in [6.45, 7) is 1.92. The number of para-hydroxylation sites is 1. The van der Waals surface area contributed by atoms with Gasteiger partial charge in [0.25, 0.3) is 5.56 Å². The van der Waals surface area contributed by atoms with Gasteiger partial charge in [0.1, 0.15) is 11.7 Å². The van der Waals surface area contributed by atoms with Crippen molar-refractivity contribution in [2.24, 2.45) is 0 Å². The molecular formula is C22H17N7OS. The van der Waals surface area contributed by atoms with Crippen LogP contribution in [0.3, 0.4) is 0 Å². The van der Waals surface area contributed by atoms with Gasteiger partial charge < -0.3 is 5.32 Å². The second kappa shape index (κ2) is 7.62. The van der Waals surface area contributed by atoms with Gasteiger partial charge in [0.2, 0.25) is 0 Å². The van der Waals surface area contributed by atoms with Gasteiger partial charge in [-0.25, -0.2) is 14.6 Å². The molecule has 0 aliphatic rings. The topological polar surface area (TPSA) is 89.1 Å². The molecule has 0 atom stereocenters. The maximum absolute atomic E-state index is 13.0. The molecule has 0 fully saturated rings. The minimum absolute atomic E-state index is 0.268. The number of hydrogen-bond donors (Lipinski definition) is 2. The van der Waals surface area contributed by atoms with E-state index < -0.39 is 0 Å². The molecule has 0 saturated carbocycles. The zero-order valence-corrected chi connectivity index (χ0v) is 17.3. The molecule has 0 bridgehead atoms. The smallest absolute Gasteiger partial charge is 0.283 e. The first-order valence-electron chi connectivity index (χ1n) is 9.56. The minimum atomic E-state index is -0.328. The van der Waals surface area contributed by atoms with Gasteiger partial charge in [-0.1, -0.05) is 48.5 Å². The van der Waals surface area contributed by atoms with E-state index in [1.165, 1.54) is 17.2 Å². The highest BCUT2D eigenvalue weighted by Crippen LogP contribution is 2.27. The lowest BCUT2D eigenvalue weighted by atomic mass is 10.1. The van der Waals surface area contributed by atoms with Crippen molar-refractivity contribution in [3.05, 3.63) is 89.2 Å². The van der Waals surface area contributed by atoms with E-state index in [0.717, 1.165) is 22.5 Å². The lowest BCUT2D eigenvalue weighted by Gasteiger charge is -2.12. The van der Waals surface area contributed by atoms with Crippen LogP contribution in [0.4, 0.5) is 5.69 Å². The van der Waals surface area contributed by atoms with Crippen LogP contribution in [0.15, 0.2) is 78.0 Å². The average molecular weight is 427 g/mol. The molecule has 3 aromatic heterocycles. The summed E-state index contributed by atoms with van der Waals surface area (Å²) in [5.74, 6) is 0. The first-order valence-corrected chi connectivity index (χ1v) is 9.97. The number of aromatic nitrogens is 5. The summed E-state index contributed by atoms with van der Waals surface area (Å²) in [4.78, 5) is 22.0. The summed E-state index contributed by atoms with van der Waals surface area (Å²) < 4.78 is 2.84. The molecular weight excluding hydrogens is 410 g/mol. The normalized spacial score (nSPS) is 11.0. The molecule has 31 heavy (non-hydrogen) atoms. The second-order valence-electron chi connectivity index (χ2n) is 6.91. The molecule has 5 aromatic rings. The third-order valence-electron chi connectivity index (χ3n) is 4.85. The summed E-state index contributed by atoms with van der Waals surface area (Å²) >= 11 is 5.31. The minimum Gasteiger partial charge on any atom is -0.331 e. The Kier molecular flexibility index (Phi) is 4.64. The van der Waals surface area contributed by atoms with Gasteiger partial charge in [-0.3, -0.25) is 10.2 Å².